The van der Waals surface area contributed by atoms with E-state index in [1.807, 2.05) is 78.9 Å². The lowest BCUT2D eigenvalue weighted by Gasteiger charge is -2.18. The Balaban J connectivity index is 1.57. The first-order valence-corrected chi connectivity index (χ1v) is 13.8. The Morgan fingerprint density at radius 1 is 1.00 bits per heavy atom. The summed E-state index contributed by atoms with van der Waals surface area (Å²) in [6, 6.07) is 24.1. The molecule has 8 heteroatoms. The molecule has 1 aromatic heterocycles. The normalized spacial score (nSPS) is 12.6. The van der Waals surface area contributed by atoms with Gasteiger partial charge in [-0.2, -0.15) is 8.42 Å². The van der Waals surface area contributed by atoms with Crippen molar-refractivity contribution < 1.29 is 22.1 Å². The molecule has 0 saturated carbocycles. The van der Waals surface area contributed by atoms with Crippen LogP contribution in [0, 0.1) is 0 Å². The molecular weight excluding hydrogens is 510 g/mol. The van der Waals surface area contributed by atoms with Gasteiger partial charge in [0, 0.05) is 10.4 Å². The largest absolute Gasteiger partial charge is 0.465 e. The van der Waals surface area contributed by atoms with Crippen molar-refractivity contribution in [2.45, 2.75) is 18.9 Å². The molecule has 1 atom stereocenters. The molecule has 0 spiro atoms. The third kappa shape index (κ3) is 7.26. The van der Waals surface area contributed by atoms with Crippen LogP contribution in [0.1, 0.15) is 45.3 Å². The number of hydrogen-bond donors (Lipinski definition) is 0. The van der Waals surface area contributed by atoms with Gasteiger partial charge in [-0.15, -0.1) is 0 Å². The number of fused-ring (bicyclic) bond motifs is 1. The number of pyridine rings is 1. The van der Waals surface area contributed by atoms with Crippen molar-refractivity contribution in [1.82, 2.24) is 4.98 Å². The van der Waals surface area contributed by atoms with Crippen LogP contribution < -0.4 is 0 Å². The van der Waals surface area contributed by atoms with Gasteiger partial charge in [-0.25, -0.2) is 9.78 Å². The summed E-state index contributed by atoms with van der Waals surface area (Å²) in [4.78, 5) is 16.8. The first-order chi connectivity index (χ1) is 17.7. The molecule has 0 radical (unpaired) electrons. The van der Waals surface area contributed by atoms with Crippen LogP contribution in [0.4, 0.5) is 0 Å². The second kappa shape index (κ2) is 11.7. The topological polar surface area (TPSA) is 82.6 Å². The predicted octanol–water partition coefficient (Wildman–Crippen LogP) is 6.50. The molecule has 0 aliphatic carbocycles. The summed E-state index contributed by atoms with van der Waals surface area (Å²) in [6.45, 7) is 0. The Morgan fingerprint density at radius 3 is 2.57 bits per heavy atom. The first kappa shape index (κ1) is 26.5. The van der Waals surface area contributed by atoms with Gasteiger partial charge in [0.1, 0.15) is 6.10 Å². The smallest absolute Gasteiger partial charge is 0.338 e. The lowest BCUT2D eigenvalue weighted by atomic mass is 9.97. The third-order valence-corrected chi connectivity index (χ3v) is 6.61. The highest BCUT2D eigenvalue weighted by Crippen LogP contribution is 2.27. The number of rotatable bonds is 9. The zero-order valence-electron chi connectivity index (χ0n) is 20.4. The molecule has 4 aromatic rings. The number of ether oxygens (including phenoxy) is 1. The number of carbonyl (C=O) groups is 1. The van der Waals surface area contributed by atoms with Gasteiger partial charge in [-0.3, -0.25) is 4.18 Å². The predicted molar refractivity (Wildman–Crippen MR) is 147 cm³/mol. The number of hydrogen-bond acceptors (Lipinski definition) is 6. The zero-order chi connectivity index (χ0) is 26.4. The number of methoxy groups -OCH3 is 1. The van der Waals surface area contributed by atoms with Crippen LogP contribution >= 0.6 is 11.6 Å². The molecule has 190 valence electrons. The van der Waals surface area contributed by atoms with Gasteiger partial charge in [0.2, 0.25) is 0 Å². The van der Waals surface area contributed by atoms with E-state index >= 15 is 0 Å². The van der Waals surface area contributed by atoms with E-state index in [9.17, 15) is 13.2 Å². The first-order valence-electron chi connectivity index (χ1n) is 11.6. The van der Waals surface area contributed by atoms with Crippen molar-refractivity contribution in [3.63, 3.8) is 0 Å². The zero-order valence-corrected chi connectivity index (χ0v) is 22.0. The summed E-state index contributed by atoms with van der Waals surface area (Å²) < 4.78 is 34.4. The molecule has 0 aliphatic heterocycles. The molecule has 0 aliphatic rings. The number of aryl methyl sites for hydroxylation is 1. The van der Waals surface area contributed by atoms with Crippen LogP contribution in [-0.4, -0.2) is 32.7 Å². The number of carbonyl (C=O) groups excluding carboxylic acids is 1. The Morgan fingerprint density at radius 2 is 1.78 bits per heavy atom. The summed E-state index contributed by atoms with van der Waals surface area (Å²) in [6.07, 6.45) is 4.88. The summed E-state index contributed by atoms with van der Waals surface area (Å²) in [5.74, 6) is -0.437. The van der Waals surface area contributed by atoms with Gasteiger partial charge in [0.25, 0.3) is 10.1 Å². The highest BCUT2D eigenvalue weighted by atomic mass is 35.5. The third-order valence-electron chi connectivity index (χ3n) is 5.79. The maximum atomic E-state index is 12.1. The summed E-state index contributed by atoms with van der Waals surface area (Å²) in [5, 5.41) is 1.62. The fourth-order valence-electron chi connectivity index (χ4n) is 4.06. The Bertz CT molecular complexity index is 1570. The molecular formula is C29H26ClNO5S. The molecule has 6 nitrogen and oxygen atoms in total. The van der Waals surface area contributed by atoms with Gasteiger partial charge in [0.05, 0.1) is 30.1 Å². The van der Waals surface area contributed by atoms with E-state index in [-0.39, 0.29) is 0 Å². The Kier molecular flexibility index (Phi) is 8.38. The summed E-state index contributed by atoms with van der Waals surface area (Å²) in [5.41, 5.74) is 4.35. The monoisotopic (exact) mass is 535 g/mol. The second-order valence-electron chi connectivity index (χ2n) is 8.55. The molecule has 37 heavy (non-hydrogen) atoms. The van der Waals surface area contributed by atoms with E-state index in [1.165, 1.54) is 7.11 Å². The van der Waals surface area contributed by atoms with Crippen LogP contribution in [0.3, 0.4) is 0 Å². The quantitative estimate of drug-likeness (QED) is 0.180. The minimum atomic E-state index is -3.73. The highest BCUT2D eigenvalue weighted by Gasteiger charge is 2.20. The van der Waals surface area contributed by atoms with E-state index in [4.69, 9.17) is 20.5 Å². The van der Waals surface area contributed by atoms with E-state index in [2.05, 4.69) is 4.98 Å². The highest BCUT2D eigenvalue weighted by molar-refractivity contribution is 7.86. The molecule has 4 rings (SSSR count). The minimum Gasteiger partial charge on any atom is -0.465 e. The van der Waals surface area contributed by atoms with Crippen molar-refractivity contribution in [2.75, 3.05) is 13.4 Å². The van der Waals surface area contributed by atoms with Crippen molar-refractivity contribution in [3.8, 4) is 0 Å². The molecule has 0 saturated heterocycles. The van der Waals surface area contributed by atoms with Gasteiger partial charge in [0.15, 0.2) is 0 Å². The summed E-state index contributed by atoms with van der Waals surface area (Å²) >= 11 is 6.10. The molecule has 0 N–H and O–H groups in total. The van der Waals surface area contributed by atoms with Gasteiger partial charge >= 0.3 is 5.97 Å². The lowest BCUT2D eigenvalue weighted by molar-refractivity contribution is 0.0599. The van der Waals surface area contributed by atoms with Crippen molar-refractivity contribution in [2.24, 2.45) is 0 Å². The maximum absolute atomic E-state index is 12.1. The van der Waals surface area contributed by atoms with Crippen LogP contribution in [0.5, 0.6) is 0 Å². The average Bonchev–Trinajstić information content (AvgIpc) is 2.89. The van der Waals surface area contributed by atoms with Crippen molar-refractivity contribution in [1.29, 1.82) is 0 Å². The van der Waals surface area contributed by atoms with Gasteiger partial charge < -0.3 is 4.74 Å². The average molecular weight is 536 g/mol. The molecule has 0 fully saturated rings. The van der Waals surface area contributed by atoms with E-state index in [1.54, 1.807) is 12.1 Å². The fourth-order valence-corrected chi connectivity index (χ4v) is 4.85. The molecule has 3 aromatic carbocycles. The van der Waals surface area contributed by atoms with Crippen LogP contribution in [0.15, 0.2) is 78.9 Å². The van der Waals surface area contributed by atoms with Crippen LogP contribution in [0.2, 0.25) is 5.02 Å². The van der Waals surface area contributed by atoms with Crippen molar-refractivity contribution >= 4 is 50.7 Å². The lowest BCUT2D eigenvalue weighted by Crippen LogP contribution is -2.13. The van der Waals surface area contributed by atoms with Gasteiger partial charge in [-0.05, 0) is 65.9 Å². The number of esters is 1. The number of halogens is 1. The summed E-state index contributed by atoms with van der Waals surface area (Å²) in [7, 11) is -2.40. The number of nitrogens with zero attached hydrogens (tertiary/aromatic N) is 1. The Labute approximate surface area is 221 Å². The van der Waals surface area contributed by atoms with E-state index in [0.29, 0.717) is 29.0 Å². The maximum Gasteiger partial charge on any atom is 0.338 e. The fraction of sp³-hybridized carbons (Fsp3) is 0.172. The van der Waals surface area contributed by atoms with E-state index < -0.39 is 22.2 Å². The van der Waals surface area contributed by atoms with Crippen molar-refractivity contribution in [3.05, 3.63) is 112 Å². The van der Waals surface area contributed by atoms with E-state index in [0.717, 1.165) is 34.0 Å². The number of benzene rings is 3. The molecule has 0 unspecified atom stereocenters. The second-order valence-corrected chi connectivity index (χ2v) is 10.6. The molecule has 0 bridgehead atoms. The van der Waals surface area contributed by atoms with Gasteiger partial charge in [-0.1, -0.05) is 66.2 Å². The van der Waals surface area contributed by atoms with Crippen LogP contribution in [-0.2, 0) is 25.5 Å². The molecule has 1 heterocycles. The SMILES string of the molecule is COC(=O)c1ccccc1CC[C@H](OS(C)(=O)=O)c1cccc(/C=C/c2ccc3ccc(Cl)cc3n2)c1. The molecule has 0 amide bonds. The standard InChI is InChI=1S/C29H26ClNO5S/c1-35-29(32)26-9-4-3-7-21(26)13-17-28(36-37(2,33)34)23-8-5-6-20(18-23)10-15-25-16-12-22-11-14-24(30)19-27(22)31-25/h3-12,14-16,18-19,28H,13,17H2,1-2H3/b15-10+/t28-/m0/s1. The Hall–Kier alpha value is -3.52. The number of aromatic nitrogens is 1. The van der Waals surface area contributed by atoms with Crippen LogP contribution in [0.25, 0.3) is 23.1 Å². The minimum absolute atomic E-state index is 0.348.